The Morgan fingerprint density at radius 2 is 2.07 bits per heavy atom. The van der Waals surface area contributed by atoms with Crippen molar-refractivity contribution in [2.75, 3.05) is 17.7 Å². The van der Waals surface area contributed by atoms with E-state index < -0.39 is 10.8 Å². The Labute approximate surface area is 166 Å². The standard InChI is InChI=1S/C21H21N3O3S/c1-15-4-2-3-5-19(15)24-11-10-22-21(24)28(26)13-12-27-17-7-8-18-16(14-17)6-9-20(25)23-18/h2-5,7-8,10-11,14H,6,9,12-13H2,1H3,(H,23,25). The van der Waals surface area contributed by atoms with Gasteiger partial charge >= 0.3 is 0 Å². The van der Waals surface area contributed by atoms with Gasteiger partial charge in [0.1, 0.15) is 12.4 Å². The molecule has 3 aromatic rings. The number of imidazole rings is 1. The zero-order valence-corrected chi connectivity index (χ0v) is 16.4. The van der Waals surface area contributed by atoms with E-state index in [9.17, 15) is 9.00 Å². The average Bonchev–Trinajstić information content (AvgIpc) is 3.18. The number of aryl methyl sites for hydroxylation is 2. The third-order valence-corrected chi connectivity index (χ3v) is 5.94. The van der Waals surface area contributed by atoms with Crippen LogP contribution >= 0.6 is 0 Å². The number of fused-ring (bicyclic) bond motifs is 1. The Morgan fingerprint density at radius 1 is 1.21 bits per heavy atom. The lowest BCUT2D eigenvalue weighted by atomic mass is 10.0. The van der Waals surface area contributed by atoms with Crippen LogP contribution < -0.4 is 10.1 Å². The Morgan fingerprint density at radius 3 is 2.93 bits per heavy atom. The molecule has 1 aliphatic heterocycles. The van der Waals surface area contributed by atoms with Crippen molar-refractivity contribution < 1.29 is 13.7 Å². The third kappa shape index (κ3) is 3.84. The second-order valence-corrected chi connectivity index (χ2v) is 8.10. The van der Waals surface area contributed by atoms with Crippen molar-refractivity contribution >= 4 is 22.4 Å². The zero-order chi connectivity index (χ0) is 19.5. The van der Waals surface area contributed by atoms with E-state index in [-0.39, 0.29) is 5.91 Å². The summed E-state index contributed by atoms with van der Waals surface area (Å²) in [4.78, 5) is 15.7. The molecule has 1 aliphatic rings. The van der Waals surface area contributed by atoms with Crippen molar-refractivity contribution in [2.45, 2.75) is 24.9 Å². The molecular weight excluding hydrogens is 374 g/mol. The van der Waals surface area contributed by atoms with Crippen molar-refractivity contribution in [2.24, 2.45) is 0 Å². The van der Waals surface area contributed by atoms with Crippen LogP contribution in [0.2, 0.25) is 0 Å². The number of hydrogen-bond donors (Lipinski definition) is 1. The quantitative estimate of drug-likeness (QED) is 0.695. The van der Waals surface area contributed by atoms with Gasteiger partial charge in [-0.2, -0.15) is 0 Å². The summed E-state index contributed by atoms with van der Waals surface area (Å²) in [6.07, 6.45) is 4.69. The lowest BCUT2D eigenvalue weighted by Gasteiger charge is -2.17. The number of amides is 1. The van der Waals surface area contributed by atoms with E-state index in [1.54, 1.807) is 6.20 Å². The number of benzene rings is 2. The molecule has 1 N–H and O–H groups in total. The summed E-state index contributed by atoms with van der Waals surface area (Å²) in [6.45, 7) is 2.34. The lowest BCUT2D eigenvalue weighted by molar-refractivity contribution is -0.116. The minimum absolute atomic E-state index is 0.0423. The second kappa shape index (κ2) is 7.98. The molecule has 0 saturated carbocycles. The number of ether oxygens (including phenoxy) is 1. The molecule has 28 heavy (non-hydrogen) atoms. The van der Waals surface area contributed by atoms with Gasteiger partial charge in [-0.3, -0.25) is 13.6 Å². The Bertz CT molecular complexity index is 1040. The van der Waals surface area contributed by atoms with Crippen molar-refractivity contribution in [3.05, 3.63) is 66.0 Å². The van der Waals surface area contributed by atoms with Crippen LogP contribution in [0.4, 0.5) is 5.69 Å². The molecule has 0 fully saturated rings. The Kier molecular flexibility index (Phi) is 5.25. The number of rotatable bonds is 6. The highest BCUT2D eigenvalue weighted by Gasteiger charge is 2.16. The van der Waals surface area contributed by atoms with Gasteiger partial charge in [0.25, 0.3) is 0 Å². The number of carbonyl (C=O) groups excluding carboxylic acids is 1. The molecule has 1 atom stereocenters. The summed E-state index contributed by atoms with van der Waals surface area (Å²) in [7, 11) is -1.28. The number of hydrogen-bond acceptors (Lipinski definition) is 4. The largest absolute Gasteiger partial charge is 0.493 e. The first-order valence-electron chi connectivity index (χ1n) is 9.15. The van der Waals surface area contributed by atoms with E-state index >= 15 is 0 Å². The van der Waals surface area contributed by atoms with Gasteiger partial charge in [-0.1, -0.05) is 18.2 Å². The molecule has 6 nitrogen and oxygen atoms in total. The fourth-order valence-corrected chi connectivity index (χ4v) is 4.23. The van der Waals surface area contributed by atoms with Gasteiger partial charge in [0.2, 0.25) is 11.1 Å². The summed E-state index contributed by atoms with van der Waals surface area (Å²) in [6, 6.07) is 13.5. The molecule has 1 unspecified atom stereocenters. The molecule has 4 rings (SSSR count). The van der Waals surface area contributed by atoms with Crippen molar-refractivity contribution in [1.82, 2.24) is 9.55 Å². The molecule has 2 aromatic carbocycles. The molecule has 0 aliphatic carbocycles. The molecule has 0 radical (unpaired) electrons. The number of aromatic nitrogens is 2. The van der Waals surface area contributed by atoms with E-state index in [1.165, 1.54) is 0 Å². The van der Waals surface area contributed by atoms with E-state index in [0.29, 0.717) is 36.1 Å². The molecule has 1 amide bonds. The minimum Gasteiger partial charge on any atom is -0.493 e. The Balaban J connectivity index is 1.40. The smallest absolute Gasteiger partial charge is 0.224 e. The summed E-state index contributed by atoms with van der Waals surface area (Å²) >= 11 is 0. The monoisotopic (exact) mass is 395 g/mol. The highest BCUT2D eigenvalue weighted by molar-refractivity contribution is 7.84. The first-order valence-corrected chi connectivity index (χ1v) is 10.5. The van der Waals surface area contributed by atoms with E-state index in [2.05, 4.69) is 10.3 Å². The average molecular weight is 395 g/mol. The van der Waals surface area contributed by atoms with Gasteiger partial charge in [-0.25, -0.2) is 4.98 Å². The molecule has 0 bridgehead atoms. The van der Waals surface area contributed by atoms with Gasteiger partial charge in [0.05, 0.1) is 22.2 Å². The van der Waals surface area contributed by atoms with Crippen molar-refractivity contribution in [1.29, 1.82) is 0 Å². The molecule has 1 aromatic heterocycles. The van der Waals surface area contributed by atoms with Gasteiger partial charge in [-0.05, 0) is 48.7 Å². The molecule has 144 valence electrons. The van der Waals surface area contributed by atoms with Gasteiger partial charge in [0, 0.05) is 24.5 Å². The van der Waals surface area contributed by atoms with Crippen LogP contribution in [0.5, 0.6) is 5.75 Å². The number of nitrogens with zero attached hydrogens (tertiary/aromatic N) is 2. The maximum absolute atomic E-state index is 12.8. The summed E-state index contributed by atoms with van der Waals surface area (Å²) in [5.41, 5.74) is 3.97. The molecular formula is C21H21N3O3S. The van der Waals surface area contributed by atoms with Crippen molar-refractivity contribution in [3.8, 4) is 11.4 Å². The van der Waals surface area contributed by atoms with Crippen LogP contribution in [-0.2, 0) is 22.0 Å². The van der Waals surface area contributed by atoms with Crippen LogP contribution in [0.1, 0.15) is 17.5 Å². The summed E-state index contributed by atoms with van der Waals surface area (Å²) in [5, 5.41) is 3.37. The topological polar surface area (TPSA) is 73.2 Å². The first-order chi connectivity index (χ1) is 13.6. The fourth-order valence-electron chi connectivity index (χ4n) is 3.25. The lowest BCUT2D eigenvalue weighted by Crippen LogP contribution is -2.19. The highest BCUT2D eigenvalue weighted by Crippen LogP contribution is 2.27. The van der Waals surface area contributed by atoms with E-state index in [0.717, 1.165) is 22.5 Å². The molecule has 2 heterocycles. The maximum Gasteiger partial charge on any atom is 0.224 e. The van der Waals surface area contributed by atoms with Crippen LogP contribution in [0.25, 0.3) is 5.69 Å². The van der Waals surface area contributed by atoms with Crippen LogP contribution in [0, 0.1) is 6.92 Å². The zero-order valence-electron chi connectivity index (χ0n) is 15.6. The predicted octanol–water partition coefficient (Wildman–Crippen LogP) is 3.25. The number of carbonyl (C=O) groups is 1. The van der Waals surface area contributed by atoms with Crippen LogP contribution in [0.15, 0.2) is 60.0 Å². The summed E-state index contributed by atoms with van der Waals surface area (Å²) in [5.74, 6) is 1.10. The first kappa shape index (κ1) is 18.4. The second-order valence-electron chi connectivity index (χ2n) is 6.63. The number of para-hydroxylation sites is 1. The SMILES string of the molecule is Cc1ccccc1-n1ccnc1S(=O)CCOc1ccc2c(c1)CCC(=O)N2. The number of anilines is 1. The Hall–Kier alpha value is -2.93. The number of nitrogens with one attached hydrogen (secondary N) is 1. The van der Waals surface area contributed by atoms with Crippen molar-refractivity contribution in [3.63, 3.8) is 0 Å². The normalized spacial score (nSPS) is 14.2. The molecule has 0 saturated heterocycles. The van der Waals surface area contributed by atoms with E-state index in [1.807, 2.05) is 60.2 Å². The van der Waals surface area contributed by atoms with Crippen LogP contribution in [-0.4, -0.2) is 32.0 Å². The fraction of sp³-hybridized carbons (Fsp3) is 0.238. The predicted molar refractivity (Wildman–Crippen MR) is 108 cm³/mol. The van der Waals surface area contributed by atoms with Gasteiger partial charge in [-0.15, -0.1) is 0 Å². The molecule has 0 spiro atoms. The van der Waals surface area contributed by atoms with Gasteiger partial charge in [0.15, 0.2) is 0 Å². The molecule has 7 heteroatoms. The van der Waals surface area contributed by atoms with Gasteiger partial charge < -0.3 is 10.1 Å². The minimum atomic E-state index is -1.28. The van der Waals surface area contributed by atoms with Crippen LogP contribution in [0.3, 0.4) is 0 Å². The summed E-state index contributed by atoms with van der Waals surface area (Å²) < 4.78 is 20.4. The maximum atomic E-state index is 12.8. The van der Waals surface area contributed by atoms with E-state index in [4.69, 9.17) is 4.74 Å². The third-order valence-electron chi connectivity index (χ3n) is 4.70. The highest BCUT2D eigenvalue weighted by atomic mass is 32.2.